The van der Waals surface area contributed by atoms with Crippen molar-refractivity contribution in [2.75, 3.05) is 13.7 Å². The Hall–Kier alpha value is -0.900. The first-order valence-electron chi connectivity index (χ1n) is 5.19. The zero-order chi connectivity index (χ0) is 9.97. The molecule has 1 aliphatic rings. The summed E-state index contributed by atoms with van der Waals surface area (Å²) < 4.78 is 5.08. The zero-order valence-corrected chi connectivity index (χ0v) is 8.79. The first-order valence-corrected chi connectivity index (χ1v) is 5.19. The van der Waals surface area contributed by atoms with Crippen LogP contribution in [0.15, 0.2) is 0 Å². The Kier molecular flexibility index (Phi) is 2.82. The summed E-state index contributed by atoms with van der Waals surface area (Å²) >= 11 is 0. The molecule has 78 valence electrons. The Labute approximate surface area is 84.1 Å². The van der Waals surface area contributed by atoms with Crippen LogP contribution in [0.2, 0.25) is 0 Å². The lowest BCUT2D eigenvalue weighted by Gasteiger charge is -2.06. The van der Waals surface area contributed by atoms with Crippen LogP contribution in [0.3, 0.4) is 0 Å². The number of nitrogens with one attached hydrogen (secondary N) is 1. The number of nitrogens with zero attached hydrogens (tertiary/aromatic N) is 2. The molecule has 0 radical (unpaired) electrons. The summed E-state index contributed by atoms with van der Waals surface area (Å²) in [5, 5.41) is 7.21. The molecule has 0 saturated heterocycles. The molecule has 0 bridgehead atoms. The van der Waals surface area contributed by atoms with Crippen molar-refractivity contribution in [3.05, 3.63) is 11.6 Å². The number of hydrogen-bond acceptors (Lipinski definition) is 3. The first kappa shape index (κ1) is 9.65. The first-order chi connectivity index (χ1) is 6.79. The van der Waals surface area contributed by atoms with Crippen molar-refractivity contribution in [3.63, 3.8) is 0 Å². The molecule has 0 aliphatic heterocycles. The van der Waals surface area contributed by atoms with E-state index in [2.05, 4.69) is 22.1 Å². The van der Waals surface area contributed by atoms with Crippen molar-refractivity contribution in [1.29, 1.82) is 0 Å². The average molecular weight is 195 g/mol. The van der Waals surface area contributed by atoms with Gasteiger partial charge in [-0.1, -0.05) is 6.92 Å². The van der Waals surface area contributed by atoms with Crippen molar-refractivity contribution in [3.8, 4) is 0 Å². The van der Waals surface area contributed by atoms with E-state index in [4.69, 9.17) is 4.74 Å². The van der Waals surface area contributed by atoms with Crippen LogP contribution in [0.1, 0.15) is 37.3 Å². The number of rotatable bonds is 5. The molecule has 1 N–H and O–H groups in total. The molecule has 0 amide bonds. The monoisotopic (exact) mass is 195 g/mol. The third-order valence-corrected chi connectivity index (χ3v) is 2.48. The van der Waals surface area contributed by atoms with Gasteiger partial charge in [0.25, 0.3) is 0 Å². The molecule has 1 atom stereocenters. The summed E-state index contributed by atoms with van der Waals surface area (Å²) in [5.74, 6) is 3.14. The fourth-order valence-corrected chi connectivity index (χ4v) is 1.60. The molecule has 0 aromatic carbocycles. The molecule has 0 spiro atoms. The van der Waals surface area contributed by atoms with E-state index in [1.807, 2.05) is 0 Å². The largest absolute Gasteiger partial charge is 0.384 e. The van der Waals surface area contributed by atoms with E-state index in [-0.39, 0.29) is 0 Å². The minimum Gasteiger partial charge on any atom is -0.384 e. The van der Waals surface area contributed by atoms with E-state index in [1.54, 1.807) is 7.11 Å². The van der Waals surface area contributed by atoms with Gasteiger partial charge in [0.05, 0.1) is 0 Å². The van der Waals surface area contributed by atoms with Gasteiger partial charge in [0, 0.05) is 26.1 Å². The molecule has 1 saturated carbocycles. The molecule has 1 aromatic heterocycles. The maximum atomic E-state index is 5.08. The Morgan fingerprint density at radius 1 is 1.57 bits per heavy atom. The highest BCUT2D eigenvalue weighted by atomic mass is 16.5. The molecular weight excluding hydrogens is 178 g/mol. The van der Waals surface area contributed by atoms with Gasteiger partial charge in [-0.3, -0.25) is 5.10 Å². The number of ether oxygens (including phenoxy) is 1. The standard InChI is InChI=1S/C10H17N3O/c1-7(6-14-2)5-9-11-10(13-12-9)8-3-4-8/h7-8H,3-6H2,1-2H3,(H,11,12,13). The predicted octanol–water partition coefficient (Wildman–Crippen LogP) is 1.51. The van der Waals surface area contributed by atoms with Gasteiger partial charge in [-0.25, -0.2) is 4.98 Å². The zero-order valence-electron chi connectivity index (χ0n) is 8.79. The van der Waals surface area contributed by atoms with E-state index in [1.165, 1.54) is 12.8 Å². The third-order valence-electron chi connectivity index (χ3n) is 2.48. The summed E-state index contributed by atoms with van der Waals surface area (Å²) in [5.41, 5.74) is 0. The van der Waals surface area contributed by atoms with E-state index >= 15 is 0 Å². The number of H-pyrrole nitrogens is 1. The maximum Gasteiger partial charge on any atom is 0.153 e. The number of aromatic amines is 1. The van der Waals surface area contributed by atoms with E-state index in [9.17, 15) is 0 Å². The van der Waals surface area contributed by atoms with Gasteiger partial charge in [0.1, 0.15) is 5.82 Å². The normalized spacial score (nSPS) is 18.4. The molecule has 2 rings (SSSR count). The van der Waals surface area contributed by atoms with Crippen molar-refractivity contribution in [2.24, 2.45) is 5.92 Å². The minimum absolute atomic E-state index is 0.500. The lowest BCUT2D eigenvalue weighted by Crippen LogP contribution is -2.08. The lowest BCUT2D eigenvalue weighted by atomic mass is 10.1. The summed E-state index contributed by atoms with van der Waals surface area (Å²) in [7, 11) is 1.73. The second-order valence-corrected chi connectivity index (χ2v) is 4.18. The van der Waals surface area contributed by atoms with Gasteiger partial charge >= 0.3 is 0 Å². The molecule has 4 heteroatoms. The van der Waals surface area contributed by atoms with Crippen LogP contribution in [-0.4, -0.2) is 28.9 Å². The quantitative estimate of drug-likeness (QED) is 0.774. The van der Waals surface area contributed by atoms with Crippen molar-refractivity contribution in [1.82, 2.24) is 15.2 Å². The Balaban J connectivity index is 1.88. The van der Waals surface area contributed by atoms with Crippen LogP contribution in [-0.2, 0) is 11.2 Å². The highest BCUT2D eigenvalue weighted by Crippen LogP contribution is 2.37. The fraction of sp³-hybridized carbons (Fsp3) is 0.800. The van der Waals surface area contributed by atoms with Crippen LogP contribution in [0.5, 0.6) is 0 Å². The van der Waals surface area contributed by atoms with Crippen molar-refractivity contribution >= 4 is 0 Å². The minimum atomic E-state index is 0.500. The van der Waals surface area contributed by atoms with E-state index in [0.717, 1.165) is 24.7 Å². The van der Waals surface area contributed by atoms with Gasteiger partial charge in [0.2, 0.25) is 0 Å². The van der Waals surface area contributed by atoms with Crippen LogP contribution in [0.4, 0.5) is 0 Å². The summed E-state index contributed by atoms with van der Waals surface area (Å²) in [6.07, 6.45) is 3.43. The Bertz CT molecular complexity index is 293. The molecule has 1 aliphatic carbocycles. The van der Waals surface area contributed by atoms with E-state index in [0.29, 0.717) is 11.8 Å². The summed E-state index contributed by atoms with van der Waals surface area (Å²) in [6.45, 7) is 2.93. The number of hydrogen-bond donors (Lipinski definition) is 1. The highest BCUT2D eigenvalue weighted by molar-refractivity contribution is 5.05. The predicted molar refractivity (Wildman–Crippen MR) is 53.1 cm³/mol. The summed E-state index contributed by atoms with van der Waals surface area (Å²) in [6, 6.07) is 0. The van der Waals surface area contributed by atoms with Gasteiger partial charge < -0.3 is 4.74 Å². The Morgan fingerprint density at radius 3 is 3.00 bits per heavy atom. The van der Waals surface area contributed by atoms with Crippen molar-refractivity contribution < 1.29 is 4.74 Å². The van der Waals surface area contributed by atoms with E-state index < -0.39 is 0 Å². The average Bonchev–Trinajstić information content (AvgIpc) is 2.89. The SMILES string of the molecule is COCC(C)Cc1nc(C2CC2)n[nH]1. The topological polar surface area (TPSA) is 50.8 Å². The number of aromatic nitrogens is 3. The fourth-order valence-electron chi connectivity index (χ4n) is 1.60. The molecular formula is C10H17N3O. The van der Waals surface area contributed by atoms with Gasteiger partial charge in [-0.05, 0) is 18.8 Å². The maximum absolute atomic E-state index is 5.08. The molecule has 1 heterocycles. The van der Waals surface area contributed by atoms with Crippen LogP contribution >= 0.6 is 0 Å². The van der Waals surface area contributed by atoms with Gasteiger partial charge in [0.15, 0.2) is 5.82 Å². The van der Waals surface area contributed by atoms with Gasteiger partial charge in [-0.2, -0.15) is 5.10 Å². The third kappa shape index (κ3) is 2.32. The lowest BCUT2D eigenvalue weighted by molar-refractivity contribution is 0.159. The molecule has 4 nitrogen and oxygen atoms in total. The van der Waals surface area contributed by atoms with Gasteiger partial charge in [-0.15, -0.1) is 0 Å². The van der Waals surface area contributed by atoms with Crippen LogP contribution in [0.25, 0.3) is 0 Å². The van der Waals surface area contributed by atoms with Crippen LogP contribution in [0, 0.1) is 5.92 Å². The smallest absolute Gasteiger partial charge is 0.153 e. The molecule has 14 heavy (non-hydrogen) atoms. The Morgan fingerprint density at radius 2 is 2.36 bits per heavy atom. The summed E-state index contributed by atoms with van der Waals surface area (Å²) in [4.78, 5) is 4.47. The molecule has 1 fully saturated rings. The highest BCUT2D eigenvalue weighted by Gasteiger charge is 2.27. The van der Waals surface area contributed by atoms with Crippen LogP contribution < -0.4 is 0 Å². The molecule has 1 aromatic rings. The van der Waals surface area contributed by atoms with Crippen molar-refractivity contribution in [2.45, 2.75) is 32.1 Å². The second kappa shape index (κ2) is 4.09. The second-order valence-electron chi connectivity index (χ2n) is 4.18. The number of methoxy groups -OCH3 is 1. The molecule has 1 unspecified atom stereocenters.